The molecule has 1 rings (SSSR count). The highest BCUT2D eigenvalue weighted by atomic mass is 35.5. The molecule has 0 aliphatic heterocycles. The monoisotopic (exact) mass is 251 g/mol. The van der Waals surface area contributed by atoms with Crippen molar-refractivity contribution in [2.45, 2.75) is 6.36 Å². The molecule has 0 heterocycles. The Labute approximate surface area is 93.9 Å². The van der Waals surface area contributed by atoms with E-state index in [-0.39, 0.29) is 16.3 Å². The Balaban J connectivity index is 3.23. The van der Waals surface area contributed by atoms with Gasteiger partial charge in [-0.15, -0.1) is 13.2 Å². The van der Waals surface area contributed by atoms with Crippen molar-refractivity contribution in [3.63, 3.8) is 0 Å². The molecule has 3 nitrogen and oxygen atoms in total. The van der Waals surface area contributed by atoms with Crippen molar-refractivity contribution in [2.24, 2.45) is 0 Å². The predicted molar refractivity (Wildman–Crippen MR) is 49.4 cm³/mol. The van der Waals surface area contributed by atoms with Gasteiger partial charge < -0.3 is 9.47 Å². The Hall–Kier alpha value is -1.61. The Kier molecular flexibility index (Phi) is 3.50. The van der Waals surface area contributed by atoms with Crippen LogP contribution in [-0.2, 0) is 0 Å². The van der Waals surface area contributed by atoms with Crippen LogP contribution in [0.2, 0.25) is 5.02 Å². The number of nitrogens with zero attached hydrogens (tertiary/aromatic N) is 1. The van der Waals surface area contributed by atoms with Gasteiger partial charge in [-0.3, -0.25) is 0 Å². The lowest BCUT2D eigenvalue weighted by atomic mass is 10.2. The molecule has 0 N–H and O–H groups in total. The first-order valence-electron chi connectivity index (χ1n) is 3.90. The average Bonchev–Trinajstić information content (AvgIpc) is 2.19. The van der Waals surface area contributed by atoms with Gasteiger partial charge in [-0.2, -0.15) is 5.26 Å². The Morgan fingerprint density at radius 1 is 1.38 bits per heavy atom. The summed E-state index contributed by atoms with van der Waals surface area (Å²) >= 11 is 5.54. The first kappa shape index (κ1) is 12.5. The molecule has 0 aliphatic carbocycles. The van der Waals surface area contributed by atoms with Crippen molar-refractivity contribution < 1.29 is 22.6 Å². The van der Waals surface area contributed by atoms with Crippen molar-refractivity contribution in [3.05, 3.63) is 22.7 Å². The second-order valence-electron chi connectivity index (χ2n) is 2.65. The first-order valence-corrected chi connectivity index (χ1v) is 4.28. The molecular formula is C9H5ClF3NO2. The van der Waals surface area contributed by atoms with Crippen molar-refractivity contribution in [3.8, 4) is 17.6 Å². The summed E-state index contributed by atoms with van der Waals surface area (Å²) in [5.74, 6) is -0.906. The number of hydrogen-bond donors (Lipinski definition) is 0. The number of benzene rings is 1. The molecule has 0 fully saturated rings. The molecule has 7 heteroatoms. The van der Waals surface area contributed by atoms with Crippen LogP contribution in [0.15, 0.2) is 12.1 Å². The van der Waals surface area contributed by atoms with Gasteiger partial charge in [0.05, 0.1) is 23.8 Å². The largest absolute Gasteiger partial charge is 0.573 e. The molecule has 0 saturated carbocycles. The van der Waals surface area contributed by atoms with Crippen LogP contribution in [0.25, 0.3) is 0 Å². The SMILES string of the molecule is COc1cc(C#N)cc(Cl)c1OC(F)(F)F. The molecule has 0 spiro atoms. The van der Waals surface area contributed by atoms with Crippen LogP contribution < -0.4 is 9.47 Å². The number of ether oxygens (including phenoxy) is 2. The van der Waals surface area contributed by atoms with Gasteiger partial charge in [-0.05, 0) is 6.07 Å². The van der Waals surface area contributed by atoms with E-state index in [4.69, 9.17) is 16.9 Å². The number of alkyl halides is 3. The third-order valence-electron chi connectivity index (χ3n) is 1.58. The van der Waals surface area contributed by atoms with Gasteiger partial charge in [0.15, 0.2) is 11.5 Å². The number of halogens is 4. The van der Waals surface area contributed by atoms with E-state index >= 15 is 0 Å². The fourth-order valence-corrected chi connectivity index (χ4v) is 1.25. The lowest BCUT2D eigenvalue weighted by molar-refractivity contribution is -0.275. The number of nitriles is 1. The topological polar surface area (TPSA) is 42.2 Å². The van der Waals surface area contributed by atoms with Gasteiger partial charge in [-0.25, -0.2) is 0 Å². The van der Waals surface area contributed by atoms with Crippen molar-refractivity contribution >= 4 is 11.6 Å². The summed E-state index contributed by atoms with van der Waals surface area (Å²) in [6.07, 6.45) is -4.87. The molecule has 0 saturated heterocycles. The summed E-state index contributed by atoms with van der Waals surface area (Å²) in [6, 6.07) is 3.90. The fourth-order valence-electron chi connectivity index (χ4n) is 0.999. The van der Waals surface area contributed by atoms with Gasteiger partial charge in [0.1, 0.15) is 0 Å². The summed E-state index contributed by atoms with van der Waals surface area (Å²) in [5, 5.41) is 8.24. The minimum absolute atomic E-state index is 0.0800. The van der Waals surface area contributed by atoms with Crippen LogP contribution in [0, 0.1) is 11.3 Å². The molecule has 86 valence electrons. The molecule has 0 atom stereocenters. The standard InChI is InChI=1S/C9H5ClF3NO2/c1-15-7-3-5(4-14)2-6(10)8(7)16-9(11,12)13/h2-3H,1H3. The molecular weight excluding hydrogens is 247 g/mol. The molecule has 0 aromatic heterocycles. The molecule has 1 aromatic rings. The highest BCUT2D eigenvalue weighted by Gasteiger charge is 2.33. The summed E-state index contributed by atoms with van der Waals surface area (Å²) in [6.45, 7) is 0. The lowest BCUT2D eigenvalue weighted by Crippen LogP contribution is -2.18. The van der Waals surface area contributed by atoms with Gasteiger partial charge >= 0.3 is 6.36 Å². The third kappa shape index (κ3) is 2.94. The maximum atomic E-state index is 12.0. The van der Waals surface area contributed by atoms with Crippen molar-refractivity contribution in [2.75, 3.05) is 7.11 Å². The zero-order valence-corrected chi connectivity index (χ0v) is 8.69. The minimum Gasteiger partial charge on any atom is -0.493 e. The number of hydrogen-bond acceptors (Lipinski definition) is 3. The van der Waals surface area contributed by atoms with E-state index in [0.717, 1.165) is 19.2 Å². The molecule has 0 bridgehead atoms. The molecule has 16 heavy (non-hydrogen) atoms. The smallest absolute Gasteiger partial charge is 0.493 e. The van der Waals surface area contributed by atoms with E-state index in [2.05, 4.69) is 9.47 Å². The molecule has 0 aliphatic rings. The molecule has 0 radical (unpaired) electrons. The number of methoxy groups -OCH3 is 1. The Morgan fingerprint density at radius 3 is 2.44 bits per heavy atom. The van der Waals surface area contributed by atoms with Gasteiger partial charge in [0.25, 0.3) is 0 Å². The Bertz CT molecular complexity index is 440. The third-order valence-corrected chi connectivity index (χ3v) is 1.86. The number of rotatable bonds is 2. The summed E-state index contributed by atoms with van der Waals surface area (Å²) in [7, 11) is 1.15. The Morgan fingerprint density at radius 2 is 2.00 bits per heavy atom. The average molecular weight is 252 g/mol. The van der Waals surface area contributed by atoms with Crippen molar-refractivity contribution in [1.29, 1.82) is 5.26 Å². The van der Waals surface area contributed by atoms with E-state index in [0.29, 0.717) is 0 Å². The summed E-state index contributed by atoms with van der Waals surface area (Å²) in [4.78, 5) is 0. The zero-order valence-electron chi connectivity index (χ0n) is 7.93. The molecule has 0 unspecified atom stereocenters. The fraction of sp³-hybridized carbons (Fsp3) is 0.222. The summed E-state index contributed by atoms with van der Waals surface area (Å²) < 4.78 is 44.4. The first-order chi connectivity index (χ1) is 7.37. The van der Waals surface area contributed by atoms with Crippen LogP contribution in [0.4, 0.5) is 13.2 Å². The van der Waals surface area contributed by atoms with Crippen LogP contribution in [0.1, 0.15) is 5.56 Å². The molecule has 1 aromatic carbocycles. The highest BCUT2D eigenvalue weighted by Crippen LogP contribution is 2.39. The van der Waals surface area contributed by atoms with E-state index in [9.17, 15) is 13.2 Å². The van der Waals surface area contributed by atoms with Crippen LogP contribution in [0.5, 0.6) is 11.5 Å². The normalized spacial score (nSPS) is 10.8. The lowest BCUT2D eigenvalue weighted by Gasteiger charge is -2.13. The van der Waals surface area contributed by atoms with Crippen molar-refractivity contribution in [1.82, 2.24) is 0 Å². The van der Waals surface area contributed by atoms with Gasteiger partial charge in [0, 0.05) is 6.07 Å². The van der Waals surface area contributed by atoms with E-state index < -0.39 is 12.1 Å². The zero-order chi connectivity index (χ0) is 12.3. The van der Waals surface area contributed by atoms with E-state index in [1.807, 2.05) is 0 Å². The maximum Gasteiger partial charge on any atom is 0.573 e. The minimum atomic E-state index is -4.87. The molecule has 0 amide bonds. The maximum absolute atomic E-state index is 12.0. The van der Waals surface area contributed by atoms with Gasteiger partial charge in [0.2, 0.25) is 0 Å². The van der Waals surface area contributed by atoms with Crippen LogP contribution in [0.3, 0.4) is 0 Å². The van der Waals surface area contributed by atoms with Crippen LogP contribution >= 0.6 is 11.6 Å². The van der Waals surface area contributed by atoms with Crippen LogP contribution in [-0.4, -0.2) is 13.5 Å². The van der Waals surface area contributed by atoms with E-state index in [1.54, 1.807) is 6.07 Å². The second kappa shape index (κ2) is 4.49. The second-order valence-corrected chi connectivity index (χ2v) is 3.06. The summed E-state index contributed by atoms with van der Waals surface area (Å²) in [5.41, 5.74) is 0.0800. The highest BCUT2D eigenvalue weighted by molar-refractivity contribution is 6.32. The quantitative estimate of drug-likeness (QED) is 0.811. The van der Waals surface area contributed by atoms with Gasteiger partial charge in [-0.1, -0.05) is 11.6 Å². The predicted octanol–water partition coefficient (Wildman–Crippen LogP) is 3.12. The van der Waals surface area contributed by atoms with E-state index in [1.165, 1.54) is 0 Å².